The molecule has 1 atom stereocenters. The number of nitrogens with zero attached hydrogens (tertiary/aromatic N) is 1. The predicted octanol–water partition coefficient (Wildman–Crippen LogP) is 3.19. The Morgan fingerprint density at radius 3 is 2.36 bits per heavy atom. The average Bonchev–Trinajstić information content (AvgIpc) is 2.55. The molecule has 0 aliphatic heterocycles. The van der Waals surface area contributed by atoms with E-state index in [1.54, 1.807) is 24.3 Å². The summed E-state index contributed by atoms with van der Waals surface area (Å²) in [7, 11) is -1.91. The second kappa shape index (κ2) is 7.27. The van der Waals surface area contributed by atoms with Crippen LogP contribution in [0.3, 0.4) is 0 Å². The molecule has 0 aliphatic carbocycles. The fraction of sp³-hybridized carbons (Fsp3) is 0.316. The quantitative estimate of drug-likeness (QED) is 0.890. The first-order valence-corrected chi connectivity index (χ1v) is 9.86. The second-order valence-electron chi connectivity index (χ2n) is 6.32. The molecule has 0 spiro atoms. The van der Waals surface area contributed by atoms with Crippen LogP contribution in [0.2, 0.25) is 0 Å². The number of aryl methyl sites for hydroxylation is 2. The number of benzene rings is 2. The highest BCUT2D eigenvalue weighted by Crippen LogP contribution is 2.20. The van der Waals surface area contributed by atoms with Crippen LogP contribution in [0.4, 0.5) is 5.69 Å². The lowest BCUT2D eigenvalue weighted by Gasteiger charge is -2.19. The molecule has 0 bridgehead atoms. The number of hydrogen-bond donors (Lipinski definition) is 1. The molecule has 0 aromatic heterocycles. The van der Waals surface area contributed by atoms with Gasteiger partial charge in [0.2, 0.25) is 10.0 Å². The zero-order chi connectivity index (χ0) is 18.8. The molecule has 0 heterocycles. The van der Waals surface area contributed by atoms with Crippen LogP contribution in [-0.2, 0) is 10.0 Å². The number of sulfonamides is 1. The van der Waals surface area contributed by atoms with Crippen molar-refractivity contribution in [2.75, 3.05) is 17.6 Å². The minimum atomic E-state index is -3.37. The number of hydrogen-bond acceptors (Lipinski definition) is 3. The summed E-state index contributed by atoms with van der Waals surface area (Å²) >= 11 is 0. The van der Waals surface area contributed by atoms with Gasteiger partial charge in [-0.3, -0.25) is 9.10 Å². The van der Waals surface area contributed by atoms with Crippen molar-refractivity contribution < 1.29 is 13.2 Å². The van der Waals surface area contributed by atoms with Gasteiger partial charge >= 0.3 is 0 Å². The number of carbonyl (C=O) groups excluding carboxylic acids is 1. The van der Waals surface area contributed by atoms with Crippen molar-refractivity contribution in [3.8, 4) is 0 Å². The number of anilines is 1. The zero-order valence-electron chi connectivity index (χ0n) is 15.2. The first-order valence-electron chi connectivity index (χ1n) is 8.01. The lowest BCUT2D eigenvalue weighted by Crippen LogP contribution is -2.28. The van der Waals surface area contributed by atoms with Crippen molar-refractivity contribution >= 4 is 21.6 Å². The van der Waals surface area contributed by atoms with E-state index in [9.17, 15) is 13.2 Å². The van der Waals surface area contributed by atoms with Crippen molar-refractivity contribution in [2.24, 2.45) is 0 Å². The van der Waals surface area contributed by atoms with Gasteiger partial charge in [-0.2, -0.15) is 0 Å². The van der Waals surface area contributed by atoms with E-state index in [4.69, 9.17) is 0 Å². The number of carbonyl (C=O) groups is 1. The van der Waals surface area contributed by atoms with E-state index >= 15 is 0 Å². The highest BCUT2D eigenvalue weighted by molar-refractivity contribution is 7.92. The van der Waals surface area contributed by atoms with Gasteiger partial charge in [-0.1, -0.05) is 24.3 Å². The lowest BCUT2D eigenvalue weighted by atomic mass is 10.0. The van der Waals surface area contributed by atoms with Crippen LogP contribution in [0.5, 0.6) is 0 Å². The van der Waals surface area contributed by atoms with Crippen molar-refractivity contribution in [1.29, 1.82) is 0 Å². The Morgan fingerprint density at radius 2 is 1.76 bits per heavy atom. The van der Waals surface area contributed by atoms with Gasteiger partial charge in [-0.05, 0) is 55.7 Å². The molecule has 0 saturated carbocycles. The van der Waals surface area contributed by atoms with Gasteiger partial charge in [0.25, 0.3) is 5.91 Å². The normalized spacial score (nSPS) is 12.5. The largest absolute Gasteiger partial charge is 0.346 e. The Labute approximate surface area is 149 Å². The van der Waals surface area contributed by atoms with E-state index in [-0.39, 0.29) is 11.9 Å². The molecule has 6 heteroatoms. The van der Waals surface area contributed by atoms with E-state index < -0.39 is 10.0 Å². The molecule has 134 valence electrons. The molecule has 2 aromatic rings. The van der Waals surface area contributed by atoms with Crippen LogP contribution < -0.4 is 9.62 Å². The van der Waals surface area contributed by atoms with Crippen LogP contribution in [0.1, 0.15) is 40.0 Å². The third kappa shape index (κ3) is 4.60. The van der Waals surface area contributed by atoms with Gasteiger partial charge in [0, 0.05) is 12.6 Å². The fourth-order valence-electron chi connectivity index (χ4n) is 2.43. The van der Waals surface area contributed by atoms with Gasteiger partial charge in [0.1, 0.15) is 0 Å². The summed E-state index contributed by atoms with van der Waals surface area (Å²) in [4.78, 5) is 12.5. The summed E-state index contributed by atoms with van der Waals surface area (Å²) < 4.78 is 24.5. The molecule has 1 N–H and O–H groups in total. The van der Waals surface area contributed by atoms with E-state index in [1.807, 2.05) is 32.9 Å². The van der Waals surface area contributed by atoms with E-state index in [0.717, 1.165) is 16.1 Å². The third-order valence-corrected chi connectivity index (χ3v) is 5.55. The molecule has 0 aliphatic rings. The first-order chi connectivity index (χ1) is 11.6. The molecule has 2 rings (SSSR count). The number of rotatable bonds is 5. The van der Waals surface area contributed by atoms with Crippen LogP contribution >= 0.6 is 0 Å². The molecule has 5 nitrogen and oxygen atoms in total. The highest BCUT2D eigenvalue weighted by Gasteiger charge is 2.16. The maximum Gasteiger partial charge on any atom is 0.251 e. The average molecular weight is 360 g/mol. The summed E-state index contributed by atoms with van der Waals surface area (Å²) in [6.07, 6.45) is 1.13. The minimum absolute atomic E-state index is 0.150. The molecule has 2 aromatic carbocycles. The standard InChI is InChI=1S/C19H24N2O3S/c1-13-9-10-16(11-14(13)2)15(3)20-19(22)17-7-6-8-18(12-17)21(4)25(5,23)24/h6-12,15H,1-5H3,(H,20,22). The molecule has 1 amide bonds. The Bertz CT molecular complexity index is 891. The zero-order valence-corrected chi connectivity index (χ0v) is 16.0. The van der Waals surface area contributed by atoms with Gasteiger partial charge in [-0.25, -0.2) is 8.42 Å². The van der Waals surface area contributed by atoms with E-state index in [1.165, 1.54) is 18.2 Å². The monoisotopic (exact) mass is 360 g/mol. The molecule has 0 radical (unpaired) electrons. The Hall–Kier alpha value is -2.34. The maximum absolute atomic E-state index is 12.5. The molecule has 0 saturated heterocycles. The summed E-state index contributed by atoms with van der Waals surface area (Å²) in [6.45, 7) is 6.01. The molecule has 1 unspecified atom stereocenters. The Balaban J connectivity index is 2.19. The van der Waals surface area contributed by atoms with Gasteiger partial charge in [0.15, 0.2) is 0 Å². The molecule has 25 heavy (non-hydrogen) atoms. The van der Waals surface area contributed by atoms with E-state index in [0.29, 0.717) is 11.3 Å². The van der Waals surface area contributed by atoms with Crippen LogP contribution in [-0.4, -0.2) is 27.6 Å². The smallest absolute Gasteiger partial charge is 0.251 e. The summed E-state index contributed by atoms with van der Waals surface area (Å²) in [5.41, 5.74) is 4.28. The first kappa shape index (κ1) is 19.0. The molecular weight excluding hydrogens is 336 g/mol. The van der Waals surface area contributed by atoms with Crippen molar-refractivity contribution in [2.45, 2.75) is 26.8 Å². The van der Waals surface area contributed by atoms with Gasteiger partial charge in [0.05, 0.1) is 18.0 Å². The fourth-order valence-corrected chi connectivity index (χ4v) is 2.93. The van der Waals surface area contributed by atoms with Crippen molar-refractivity contribution in [1.82, 2.24) is 5.32 Å². The summed E-state index contributed by atoms with van der Waals surface area (Å²) in [6, 6.07) is 12.5. The Kier molecular flexibility index (Phi) is 5.52. The third-order valence-electron chi connectivity index (χ3n) is 4.35. The topological polar surface area (TPSA) is 66.5 Å². The Morgan fingerprint density at radius 1 is 1.08 bits per heavy atom. The summed E-state index contributed by atoms with van der Waals surface area (Å²) in [5, 5.41) is 2.96. The van der Waals surface area contributed by atoms with Gasteiger partial charge in [-0.15, -0.1) is 0 Å². The van der Waals surface area contributed by atoms with Crippen molar-refractivity contribution in [3.05, 3.63) is 64.7 Å². The predicted molar refractivity (Wildman–Crippen MR) is 101 cm³/mol. The maximum atomic E-state index is 12.5. The van der Waals surface area contributed by atoms with Crippen molar-refractivity contribution in [3.63, 3.8) is 0 Å². The number of nitrogens with one attached hydrogen (secondary N) is 1. The van der Waals surface area contributed by atoms with E-state index in [2.05, 4.69) is 11.4 Å². The molecule has 0 fully saturated rings. The van der Waals surface area contributed by atoms with Crippen LogP contribution in [0.25, 0.3) is 0 Å². The van der Waals surface area contributed by atoms with Crippen LogP contribution in [0, 0.1) is 13.8 Å². The molecular formula is C19H24N2O3S. The summed E-state index contributed by atoms with van der Waals surface area (Å²) in [5.74, 6) is -0.241. The second-order valence-corrected chi connectivity index (χ2v) is 8.33. The minimum Gasteiger partial charge on any atom is -0.346 e. The lowest BCUT2D eigenvalue weighted by molar-refractivity contribution is 0.0940. The van der Waals surface area contributed by atoms with Gasteiger partial charge < -0.3 is 5.32 Å². The van der Waals surface area contributed by atoms with Crippen LogP contribution in [0.15, 0.2) is 42.5 Å². The number of amides is 1. The SMILES string of the molecule is Cc1ccc(C(C)NC(=O)c2cccc(N(C)S(C)(=O)=O)c2)cc1C. The highest BCUT2D eigenvalue weighted by atomic mass is 32.2.